The molecular formula is C12H19N5O3. The maximum absolute atomic E-state index is 11.2. The monoisotopic (exact) mass is 281 g/mol. The van der Waals surface area contributed by atoms with Crippen LogP contribution in [0.15, 0.2) is 0 Å². The Bertz CT molecular complexity index is 543. The summed E-state index contributed by atoms with van der Waals surface area (Å²) in [5.41, 5.74) is 6.58. The van der Waals surface area contributed by atoms with Crippen molar-refractivity contribution in [2.24, 2.45) is 11.7 Å². The highest BCUT2D eigenvalue weighted by atomic mass is 16.6. The number of aromatic nitrogens is 2. The van der Waals surface area contributed by atoms with Crippen LogP contribution in [0.5, 0.6) is 0 Å². The number of ether oxygens (including phenoxy) is 1. The Balaban J connectivity index is 1.88. The molecule has 1 saturated carbocycles. The minimum absolute atomic E-state index is 0.0254. The van der Waals surface area contributed by atoms with Crippen molar-refractivity contribution in [2.75, 3.05) is 11.9 Å². The van der Waals surface area contributed by atoms with Gasteiger partial charge in [-0.05, 0) is 20.3 Å². The molecule has 0 spiro atoms. The molecule has 1 aromatic heterocycles. The number of nitrogens with two attached hydrogens (primary N) is 1. The molecule has 2 aliphatic rings. The largest absolute Gasteiger partial charge is 0.376 e. The first-order chi connectivity index (χ1) is 9.54. The van der Waals surface area contributed by atoms with Crippen molar-refractivity contribution in [3.05, 3.63) is 15.8 Å². The van der Waals surface area contributed by atoms with Crippen molar-refractivity contribution < 1.29 is 9.66 Å². The number of hydrogen-bond acceptors (Lipinski definition) is 6. The molecule has 8 nitrogen and oxygen atoms in total. The van der Waals surface area contributed by atoms with Crippen molar-refractivity contribution in [1.29, 1.82) is 0 Å². The van der Waals surface area contributed by atoms with E-state index in [0.717, 1.165) is 13.0 Å². The Morgan fingerprint density at radius 2 is 2.40 bits per heavy atom. The Labute approximate surface area is 116 Å². The van der Waals surface area contributed by atoms with Crippen LogP contribution in [-0.2, 0) is 11.3 Å². The summed E-state index contributed by atoms with van der Waals surface area (Å²) in [6.45, 7) is 4.82. The van der Waals surface area contributed by atoms with Crippen LogP contribution in [0, 0.1) is 23.0 Å². The van der Waals surface area contributed by atoms with Crippen molar-refractivity contribution in [3.8, 4) is 0 Å². The number of hydrogen-bond donors (Lipinski definition) is 2. The van der Waals surface area contributed by atoms with E-state index in [1.54, 1.807) is 11.6 Å². The van der Waals surface area contributed by atoms with E-state index in [4.69, 9.17) is 10.5 Å². The number of fused-ring (bicyclic) bond motifs is 1. The number of nitrogens with one attached hydrogen (secondary N) is 1. The molecule has 2 heterocycles. The van der Waals surface area contributed by atoms with Crippen molar-refractivity contribution in [2.45, 2.75) is 45.0 Å². The first kappa shape index (κ1) is 13.3. The molecule has 2 fully saturated rings. The van der Waals surface area contributed by atoms with Gasteiger partial charge in [-0.2, -0.15) is 5.10 Å². The molecule has 20 heavy (non-hydrogen) atoms. The highest BCUT2D eigenvalue weighted by molar-refractivity contribution is 5.60. The summed E-state index contributed by atoms with van der Waals surface area (Å²) in [5, 5.41) is 18.6. The second-order valence-electron chi connectivity index (χ2n) is 5.39. The molecule has 8 heteroatoms. The van der Waals surface area contributed by atoms with Gasteiger partial charge >= 0.3 is 5.69 Å². The number of nitrogens with zero attached hydrogens (tertiary/aromatic N) is 3. The predicted molar refractivity (Wildman–Crippen MR) is 72.5 cm³/mol. The minimum atomic E-state index is -0.395. The fourth-order valence-corrected chi connectivity index (χ4v) is 3.25. The predicted octanol–water partition coefficient (Wildman–Crippen LogP) is 0.646. The standard InChI is InChI=1S/C12H19N5O3/c1-3-16-12(10(17(18)19)6(2)15-16)14-9-8(13)7-4-5-20-11(7)9/h7-9,11,14H,3-5,13H2,1-2H3. The molecular weight excluding hydrogens is 262 g/mol. The Hall–Kier alpha value is -1.67. The topological polar surface area (TPSA) is 108 Å². The summed E-state index contributed by atoms with van der Waals surface area (Å²) >= 11 is 0. The molecule has 0 radical (unpaired) electrons. The molecule has 3 N–H and O–H groups in total. The highest BCUT2D eigenvalue weighted by Gasteiger charge is 2.53. The van der Waals surface area contributed by atoms with E-state index in [-0.39, 0.29) is 23.9 Å². The van der Waals surface area contributed by atoms with Crippen molar-refractivity contribution >= 4 is 11.5 Å². The molecule has 0 bridgehead atoms. The van der Waals surface area contributed by atoms with Gasteiger partial charge in [0.15, 0.2) is 0 Å². The van der Waals surface area contributed by atoms with Crippen LogP contribution in [0.3, 0.4) is 0 Å². The van der Waals surface area contributed by atoms with Gasteiger partial charge in [0.2, 0.25) is 5.82 Å². The fraction of sp³-hybridized carbons (Fsp3) is 0.750. The SMILES string of the molecule is CCn1nc(C)c([N+](=O)[O-])c1NC1C(N)C2CCOC21. The normalized spacial score (nSPS) is 31.8. The average Bonchev–Trinajstić information content (AvgIpc) is 2.96. The van der Waals surface area contributed by atoms with Gasteiger partial charge in [0, 0.05) is 25.1 Å². The van der Waals surface area contributed by atoms with Crippen LogP contribution < -0.4 is 11.1 Å². The van der Waals surface area contributed by atoms with Crippen molar-refractivity contribution in [3.63, 3.8) is 0 Å². The van der Waals surface area contributed by atoms with E-state index in [1.165, 1.54) is 0 Å². The van der Waals surface area contributed by atoms with Gasteiger partial charge in [0.1, 0.15) is 5.69 Å². The second-order valence-corrected chi connectivity index (χ2v) is 5.39. The third-order valence-electron chi connectivity index (χ3n) is 4.33. The summed E-state index contributed by atoms with van der Waals surface area (Å²) in [6, 6.07) is -0.106. The highest BCUT2D eigenvalue weighted by Crippen LogP contribution is 2.41. The third kappa shape index (κ3) is 1.79. The smallest absolute Gasteiger partial charge is 0.333 e. The molecule has 1 aromatic rings. The number of nitro groups is 1. The molecule has 3 rings (SSSR count). The number of aryl methyl sites for hydroxylation is 2. The van der Waals surface area contributed by atoms with Gasteiger partial charge < -0.3 is 15.8 Å². The minimum Gasteiger partial charge on any atom is -0.376 e. The maximum Gasteiger partial charge on any atom is 0.333 e. The summed E-state index contributed by atoms with van der Waals surface area (Å²) in [4.78, 5) is 10.8. The number of anilines is 1. The molecule has 1 aliphatic carbocycles. The maximum atomic E-state index is 11.2. The van der Waals surface area contributed by atoms with Crippen LogP contribution in [0.2, 0.25) is 0 Å². The van der Waals surface area contributed by atoms with Gasteiger partial charge in [0.25, 0.3) is 0 Å². The zero-order chi connectivity index (χ0) is 14.4. The quantitative estimate of drug-likeness (QED) is 0.619. The van der Waals surface area contributed by atoms with Gasteiger partial charge in [-0.3, -0.25) is 10.1 Å². The van der Waals surface area contributed by atoms with Crippen LogP contribution in [0.4, 0.5) is 11.5 Å². The van der Waals surface area contributed by atoms with Gasteiger partial charge in [-0.1, -0.05) is 0 Å². The lowest BCUT2D eigenvalue weighted by Crippen LogP contribution is -2.65. The molecule has 4 atom stereocenters. The molecule has 1 saturated heterocycles. The van der Waals surface area contributed by atoms with Crippen LogP contribution >= 0.6 is 0 Å². The summed E-state index contributed by atoms with van der Waals surface area (Å²) in [6.07, 6.45) is 1.03. The first-order valence-electron chi connectivity index (χ1n) is 6.90. The van der Waals surface area contributed by atoms with E-state index in [0.29, 0.717) is 24.0 Å². The van der Waals surface area contributed by atoms with E-state index in [1.807, 2.05) is 6.92 Å². The van der Waals surface area contributed by atoms with Gasteiger partial charge in [-0.25, -0.2) is 4.68 Å². The molecule has 1 aliphatic heterocycles. The van der Waals surface area contributed by atoms with Crippen LogP contribution in [0.1, 0.15) is 19.0 Å². The molecule has 0 amide bonds. The van der Waals surface area contributed by atoms with Crippen LogP contribution in [0.25, 0.3) is 0 Å². The fourth-order valence-electron chi connectivity index (χ4n) is 3.25. The third-order valence-corrected chi connectivity index (χ3v) is 4.33. The van der Waals surface area contributed by atoms with E-state index in [9.17, 15) is 10.1 Å². The summed E-state index contributed by atoms with van der Waals surface area (Å²) < 4.78 is 7.26. The lowest BCUT2D eigenvalue weighted by Gasteiger charge is -2.45. The summed E-state index contributed by atoms with van der Waals surface area (Å²) in [5.74, 6) is 0.801. The zero-order valence-electron chi connectivity index (χ0n) is 11.6. The van der Waals surface area contributed by atoms with Gasteiger partial charge in [-0.15, -0.1) is 0 Å². The lowest BCUT2D eigenvalue weighted by atomic mass is 9.72. The Morgan fingerprint density at radius 1 is 1.65 bits per heavy atom. The number of rotatable bonds is 4. The van der Waals surface area contributed by atoms with E-state index < -0.39 is 4.92 Å². The molecule has 4 unspecified atom stereocenters. The van der Waals surface area contributed by atoms with Crippen molar-refractivity contribution in [1.82, 2.24) is 9.78 Å². The summed E-state index contributed by atoms with van der Waals surface area (Å²) in [7, 11) is 0. The molecule has 0 aromatic carbocycles. The Morgan fingerprint density at radius 3 is 3.05 bits per heavy atom. The zero-order valence-corrected chi connectivity index (χ0v) is 11.6. The van der Waals surface area contributed by atoms with E-state index >= 15 is 0 Å². The van der Waals surface area contributed by atoms with Crippen LogP contribution in [-0.4, -0.2) is 39.5 Å². The van der Waals surface area contributed by atoms with Gasteiger partial charge in [0.05, 0.1) is 17.1 Å². The van der Waals surface area contributed by atoms with E-state index in [2.05, 4.69) is 10.4 Å². The second kappa shape index (κ2) is 4.71. The Kier molecular flexibility index (Phi) is 3.14. The first-order valence-corrected chi connectivity index (χ1v) is 6.90. The lowest BCUT2D eigenvalue weighted by molar-refractivity contribution is -0.384. The average molecular weight is 281 g/mol. The molecule has 110 valence electrons.